The number of hydrogen-bond donors (Lipinski definition) is 2. The molecule has 3 fully saturated rings. The van der Waals surface area contributed by atoms with E-state index < -0.39 is 76.6 Å². The van der Waals surface area contributed by atoms with Gasteiger partial charge in [-0.3, -0.25) is 9.59 Å². The Balaban J connectivity index is 1.65. The third-order valence-electron chi connectivity index (χ3n) is 8.53. The predicted molar refractivity (Wildman–Crippen MR) is 106 cm³/mol. The van der Waals surface area contributed by atoms with Crippen molar-refractivity contribution in [3.8, 4) is 0 Å². The second kappa shape index (κ2) is 7.30. The number of halogens is 2. The topological polar surface area (TPSA) is 118 Å². The third kappa shape index (κ3) is 2.93. The molecule has 174 valence electrons. The molecule has 0 amide bonds. The molecule has 8 atom stereocenters. The van der Waals surface area contributed by atoms with E-state index in [1.807, 2.05) is 0 Å². The first kappa shape index (κ1) is 22.8. The normalized spacial score (nSPS) is 44.7. The van der Waals surface area contributed by atoms with Crippen LogP contribution in [0, 0.1) is 28.6 Å². The van der Waals surface area contributed by atoms with E-state index in [-0.39, 0.29) is 18.4 Å². The summed E-state index contributed by atoms with van der Waals surface area (Å²) in [7, 11) is 0. The van der Waals surface area contributed by atoms with Gasteiger partial charge in [-0.15, -0.1) is 0 Å². The van der Waals surface area contributed by atoms with Crippen molar-refractivity contribution < 1.29 is 42.9 Å². The number of fused-ring (bicyclic) bond motifs is 5. The van der Waals surface area contributed by atoms with Gasteiger partial charge < -0.3 is 14.9 Å². The number of hydrogen-bond acceptors (Lipinski definition) is 6. The molecule has 9 heteroatoms. The van der Waals surface area contributed by atoms with Crippen LogP contribution < -0.4 is 0 Å². The van der Waals surface area contributed by atoms with Crippen LogP contribution in [0.3, 0.4) is 0 Å². The molecular weight excluding hydrogens is 426 g/mol. The average molecular weight is 452 g/mol. The molecule has 0 aromatic carbocycles. The highest BCUT2D eigenvalue weighted by Crippen LogP contribution is 2.69. The minimum atomic E-state index is -2.21. The quantitative estimate of drug-likeness (QED) is 0.497. The third-order valence-corrected chi connectivity index (χ3v) is 8.53. The van der Waals surface area contributed by atoms with E-state index in [2.05, 4.69) is 4.74 Å². The van der Waals surface area contributed by atoms with Crippen molar-refractivity contribution in [3.63, 3.8) is 0 Å². The number of rotatable bonds is 3. The summed E-state index contributed by atoms with van der Waals surface area (Å²) in [5, 5.41) is 19.7. The second-order valence-electron chi connectivity index (χ2n) is 9.93. The van der Waals surface area contributed by atoms with Crippen molar-refractivity contribution in [2.75, 3.05) is 6.61 Å². The summed E-state index contributed by atoms with van der Waals surface area (Å²) >= 11 is 0. The number of carbonyl (C=O) groups is 4. The van der Waals surface area contributed by atoms with Crippen LogP contribution in [-0.4, -0.2) is 58.3 Å². The molecule has 32 heavy (non-hydrogen) atoms. The zero-order valence-corrected chi connectivity index (χ0v) is 17.8. The molecule has 0 bridgehead atoms. The number of aliphatic hydroxyl groups is 1. The lowest BCUT2D eigenvalue weighted by Gasteiger charge is -2.62. The van der Waals surface area contributed by atoms with Crippen LogP contribution in [-0.2, 0) is 23.9 Å². The van der Waals surface area contributed by atoms with Gasteiger partial charge >= 0.3 is 11.9 Å². The van der Waals surface area contributed by atoms with Crippen LogP contribution in [0.2, 0.25) is 0 Å². The van der Waals surface area contributed by atoms with E-state index >= 15 is 8.78 Å². The molecule has 7 nitrogen and oxygen atoms in total. The van der Waals surface area contributed by atoms with E-state index in [0.717, 1.165) is 6.08 Å². The molecule has 3 unspecified atom stereocenters. The zero-order valence-electron chi connectivity index (χ0n) is 17.8. The smallest absolute Gasteiger partial charge is 0.417 e. The molecule has 4 aliphatic carbocycles. The van der Waals surface area contributed by atoms with Crippen molar-refractivity contribution >= 4 is 23.5 Å². The monoisotopic (exact) mass is 452 g/mol. The number of alkyl halides is 2. The van der Waals surface area contributed by atoms with E-state index in [4.69, 9.17) is 5.11 Å². The van der Waals surface area contributed by atoms with E-state index in [1.54, 1.807) is 6.92 Å². The molecule has 0 aromatic rings. The maximum atomic E-state index is 16.9. The second-order valence-corrected chi connectivity index (χ2v) is 9.93. The van der Waals surface area contributed by atoms with Gasteiger partial charge in [0.05, 0.1) is 6.10 Å². The standard InChI is InChI=1S/C23H26F2O7/c1-21-9-18(28)23(25)14(8-16(24)15-7-11(26)5-6-22(15,23)2)12(21)3-4-13(21)17(27)10-32-20(31)19(29)30/h5-7,12-14,16,18,28H,3-4,8-10H2,1-2H3,(H,29,30)/t12?,13-,14?,16+,18+,21?,22+,23+/m1/s1. The number of ether oxygens (including phenoxy) is 1. The van der Waals surface area contributed by atoms with Crippen LogP contribution in [0.4, 0.5) is 8.78 Å². The fraction of sp³-hybridized carbons (Fsp3) is 0.652. The van der Waals surface area contributed by atoms with Gasteiger partial charge in [0, 0.05) is 17.3 Å². The molecule has 2 N–H and O–H groups in total. The summed E-state index contributed by atoms with van der Waals surface area (Å²) in [6.45, 7) is 2.55. The van der Waals surface area contributed by atoms with Gasteiger partial charge in [0.15, 0.2) is 23.8 Å². The Morgan fingerprint density at radius 1 is 1.22 bits per heavy atom. The lowest BCUT2D eigenvalue weighted by Crippen LogP contribution is -2.68. The molecule has 0 aliphatic heterocycles. The van der Waals surface area contributed by atoms with E-state index in [0.29, 0.717) is 12.8 Å². The zero-order chi connectivity index (χ0) is 23.6. The van der Waals surface area contributed by atoms with Crippen molar-refractivity contribution in [2.24, 2.45) is 28.6 Å². The largest absolute Gasteiger partial charge is 0.473 e. The molecular formula is C23H26F2O7. The first-order valence-electron chi connectivity index (χ1n) is 10.8. The van der Waals surface area contributed by atoms with Gasteiger partial charge in [-0.2, -0.15) is 0 Å². The number of carboxylic acid groups (broad SMARTS) is 1. The summed E-state index contributed by atoms with van der Waals surface area (Å²) in [6.07, 6.45) is 1.13. The predicted octanol–water partition coefficient (Wildman–Crippen LogP) is 2.12. The molecule has 0 radical (unpaired) electrons. The SMILES string of the molecule is CC12C[C@H](O)[C@@]3(F)C(C[C@H](F)C4=CC(=O)C=C[C@@]43C)C1CC[C@@H]2C(=O)COC(=O)C(=O)O. The average Bonchev–Trinajstić information content (AvgIpc) is 3.06. The number of carbonyl (C=O) groups excluding carboxylic acids is 3. The molecule has 0 heterocycles. The van der Waals surface area contributed by atoms with Crippen LogP contribution in [0.1, 0.15) is 39.5 Å². The Kier molecular flexibility index (Phi) is 5.19. The van der Waals surface area contributed by atoms with Crippen LogP contribution >= 0.6 is 0 Å². The summed E-state index contributed by atoms with van der Waals surface area (Å²) < 4.78 is 36.7. The lowest BCUT2D eigenvalue weighted by atomic mass is 9.45. The van der Waals surface area contributed by atoms with Crippen molar-refractivity contribution in [2.45, 2.75) is 57.5 Å². The number of allylic oxidation sites excluding steroid dienone is 4. The Morgan fingerprint density at radius 2 is 1.91 bits per heavy atom. The summed E-state index contributed by atoms with van der Waals surface area (Å²) in [5.74, 6) is -6.24. The van der Waals surface area contributed by atoms with Gasteiger partial charge in [-0.05, 0) is 61.7 Å². The molecule has 0 spiro atoms. The Labute approximate surface area is 183 Å². The summed E-state index contributed by atoms with van der Waals surface area (Å²) in [6, 6.07) is 0. The first-order chi connectivity index (χ1) is 14.9. The van der Waals surface area contributed by atoms with Gasteiger partial charge in [-0.25, -0.2) is 18.4 Å². The summed E-state index contributed by atoms with van der Waals surface area (Å²) in [4.78, 5) is 46.4. The highest BCUT2D eigenvalue weighted by atomic mass is 19.1. The number of aliphatic hydroxyl groups excluding tert-OH is 1. The maximum absolute atomic E-state index is 16.9. The molecule has 3 saturated carbocycles. The number of Topliss-reactive ketones (excluding diaryl/α,β-unsaturated/α-hetero) is 1. The van der Waals surface area contributed by atoms with Gasteiger partial charge in [0.25, 0.3) is 0 Å². The minimum Gasteiger partial charge on any atom is -0.473 e. The van der Waals surface area contributed by atoms with Gasteiger partial charge in [-0.1, -0.05) is 13.0 Å². The van der Waals surface area contributed by atoms with Gasteiger partial charge in [0.1, 0.15) is 6.17 Å². The van der Waals surface area contributed by atoms with Crippen LogP contribution in [0.5, 0.6) is 0 Å². The fourth-order valence-electron chi connectivity index (χ4n) is 7.03. The number of ketones is 2. The van der Waals surface area contributed by atoms with E-state index in [1.165, 1.54) is 19.1 Å². The maximum Gasteiger partial charge on any atom is 0.417 e. The lowest BCUT2D eigenvalue weighted by molar-refractivity contribution is -0.202. The molecule has 0 aromatic heterocycles. The minimum absolute atomic E-state index is 0.0395. The Bertz CT molecular complexity index is 958. The molecule has 4 rings (SSSR count). The molecule has 0 saturated heterocycles. The molecule has 4 aliphatic rings. The summed E-state index contributed by atoms with van der Waals surface area (Å²) in [5.41, 5.74) is -4.52. The van der Waals surface area contributed by atoms with Crippen LogP contribution in [0.15, 0.2) is 23.8 Å². The number of carboxylic acids is 1. The Hall–Kier alpha value is -2.42. The van der Waals surface area contributed by atoms with Crippen molar-refractivity contribution in [1.82, 2.24) is 0 Å². The number of aliphatic carboxylic acids is 1. The highest BCUT2D eigenvalue weighted by molar-refractivity contribution is 6.28. The number of esters is 1. The van der Waals surface area contributed by atoms with Gasteiger partial charge in [0.2, 0.25) is 0 Å². The Morgan fingerprint density at radius 3 is 2.56 bits per heavy atom. The first-order valence-corrected chi connectivity index (χ1v) is 10.8. The highest BCUT2D eigenvalue weighted by Gasteiger charge is 2.72. The van der Waals surface area contributed by atoms with E-state index in [9.17, 15) is 24.3 Å². The fourth-order valence-corrected chi connectivity index (χ4v) is 7.03. The van der Waals surface area contributed by atoms with Crippen molar-refractivity contribution in [3.05, 3.63) is 23.8 Å². The van der Waals surface area contributed by atoms with Crippen LogP contribution in [0.25, 0.3) is 0 Å². The van der Waals surface area contributed by atoms with Crippen molar-refractivity contribution in [1.29, 1.82) is 0 Å².